The lowest BCUT2D eigenvalue weighted by Gasteiger charge is -2.20. The minimum Gasteiger partial charge on any atom is -0.444 e. The molecule has 0 aliphatic carbocycles. The van der Waals surface area contributed by atoms with Crippen LogP contribution < -0.4 is 10.9 Å². The van der Waals surface area contributed by atoms with Gasteiger partial charge >= 0.3 is 12.3 Å². The van der Waals surface area contributed by atoms with E-state index < -0.39 is 46.9 Å². The number of nitriles is 1. The summed E-state index contributed by atoms with van der Waals surface area (Å²) < 4.78 is 58.6. The Bertz CT molecular complexity index is 1030. The first-order valence-electron chi connectivity index (χ1n) is 8.31. The molecule has 2 aromatic rings. The van der Waals surface area contributed by atoms with E-state index in [1.54, 1.807) is 26.8 Å². The van der Waals surface area contributed by atoms with Gasteiger partial charge < -0.3 is 4.74 Å². The molecular formula is C19H17F4N3O3. The van der Waals surface area contributed by atoms with Gasteiger partial charge in [0.05, 0.1) is 12.1 Å². The van der Waals surface area contributed by atoms with E-state index in [9.17, 15) is 32.4 Å². The number of alkyl halides is 3. The standard InChI is InChI=1S/C19H17F4N3O3/c1-18(2,3)29-17(28)25-15-7-5-13(9-24)26(16(15)27)10-11-8-12(19(21,22)23)4-6-14(11)20/h4-8H,10H2,1-3H3,(H,25,28). The second-order valence-electron chi connectivity index (χ2n) is 7.07. The molecule has 1 aromatic heterocycles. The zero-order chi connectivity index (χ0) is 22.0. The Hall–Kier alpha value is -3.35. The molecule has 0 spiro atoms. The predicted molar refractivity (Wildman–Crippen MR) is 95.8 cm³/mol. The van der Waals surface area contributed by atoms with Gasteiger partial charge in [-0.15, -0.1) is 0 Å². The van der Waals surface area contributed by atoms with E-state index in [4.69, 9.17) is 4.74 Å². The molecule has 2 rings (SSSR count). The van der Waals surface area contributed by atoms with Gasteiger partial charge in [0, 0.05) is 5.56 Å². The molecule has 1 heterocycles. The van der Waals surface area contributed by atoms with Crippen molar-refractivity contribution in [2.75, 3.05) is 5.32 Å². The molecule has 29 heavy (non-hydrogen) atoms. The van der Waals surface area contributed by atoms with Gasteiger partial charge in [-0.25, -0.2) is 9.18 Å². The van der Waals surface area contributed by atoms with Crippen LogP contribution in [0.25, 0.3) is 0 Å². The fraction of sp³-hybridized carbons (Fsp3) is 0.316. The van der Waals surface area contributed by atoms with E-state index >= 15 is 0 Å². The van der Waals surface area contributed by atoms with E-state index in [1.165, 1.54) is 6.07 Å². The second kappa shape index (κ2) is 7.95. The molecule has 0 atom stereocenters. The smallest absolute Gasteiger partial charge is 0.416 e. The highest BCUT2D eigenvalue weighted by atomic mass is 19.4. The molecule has 0 radical (unpaired) electrons. The van der Waals surface area contributed by atoms with Crippen molar-refractivity contribution in [3.8, 4) is 6.07 Å². The number of anilines is 1. The van der Waals surface area contributed by atoms with Gasteiger partial charge in [-0.2, -0.15) is 18.4 Å². The first-order chi connectivity index (χ1) is 13.3. The highest BCUT2D eigenvalue weighted by Gasteiger charge is 2.31. The van der Waals surface area contributed by atoms with Crippen LogP contribution in [0.2, 0.25) is 0 Å². The Morgan fingerprint density at radius 2 is 1.86 bits per heavy atom. The van der Waals surface area contributed by atoms with E-state index in [0.717, 1.165) is 10.6 Å². The maximum Gasteiger partial charge on any atom is 0.416 e. The van der Waals surface area contributed by atoms with Gasteiger partial charge in [0.2, 0.25) is 0 Å². The second-order valence-corrected chi connectivity index (χ2v) is 7.07. The fourth-order valence-electron chi connectivity index (χ4n) is 2.38. The van der Waals surface area contributed by atoms with E-state index in [2.05, 4.69) is 5.32 Å². The van der Waals surface area contributed by atoms with Crippen LogP contribution in [0.5, 0.6) is 0 Å². The van der Waals surface area contributed by atoms with Crippen LogP contribution in [0, 0.1) is 17.1 Å². The van der Waals surface area contributed by atoms with Crippen LogP contribution in [0.3, 0.4) is 0 Å². The van der Waals surface area contributed by atoms with Crippen LogP contribution in [0.1, 0.15) is 37.6 Å². The number of hydrogen-bond donors (Lipinski definition) is 1. The Kier molecular flexibility index (Phi) is 6.01. The van der Waals surface area contributed by atoms with Crippen molar-refractivity contribution in [1.29, 1.82) is 5.26 Å². The highest BCUT2D eigenvalue weighted by Crippen LogP contribution is 2.30. The number of benzene rings is 1. The van der Waals surface area contributed by atoms with E-state index in [0.29, 0.717) is 18.2 Å². The molecule has 1 aromatic carbocycles. The maximum absolute atomic E-state index is 14.1. The number of hydrogen-bond acceptors (Lipinski definition) is 4. The van der Waals surface area contributed by atoms with Crippen molar-refractivity contribution < 1.29 is 27.1 Å². The van der Waals surface area contributed by atoms with Crippen LogP contribution in [-0.4, -0.2) is 16.3 Å². The quantitative estimate of drug-likeness (QED) is 0.765. The Balaban J connectivity index is 2.45. The molecule has 0 aliphatic rings. The lowest BCUT2D eigenvalue weighted by atomic mass is 10.1. The van der Waals surface area contributed by atoms with Gasteiger partial charge in [0.15, 0.2) is 0 Å². The normalized spacial score (nSPS) is 11.7. The molecule has 0 unspecified atom stereocenters. The molecule has 1 amide bonds. The van der Waals surface area contributed by atoms with Gasteiger partial charge in [-0.1, -0.05) is 0 Å². The lowest BCUT2D eigenvalue weighted by Crippen LogP contribution is -2.31. The van der Waals surface area contributed by atoms with Crippen molar-refractivity contribution >= 4 is 11.8 Å². The third-order valence-electron chi connectivity index (χ3n) is 3.63. The van der Waals surface area contributed by atoms with Crippen LogP contribution in [0.15, 0.2) is 35.1 Å². The summed E-state index contributed by atoms with van der Waals surface area (Å²) in [6.45, 7) is 4.20. The van der Waals surface area contributed by atoms with Gasteiger partial charge in [0.25, 0.3) is 5.56 Å². The van der Waals surface area contributed by atoms with Crippen molar-refractivity contribution in [1.82, 2.24) is 4.57 Å². The number of halogens is 4. The summed E-state index contributed by atoms with van der Waals surface area (Å²) in [5.74, 6) is -0.973. The number of carbonyl (C=O) groups is 1. The topological polar surface area (TPSA) is 84.1 Å². The van der Waals surface area contributed by atoms with Gasteiger partial charge in [0.1, 0.15) is 28.9 Å². The van der Waals surface area contributed by atoms with E-state index in [-0.39, 0.29) is 11.4 Å². The minimum atomic E-state index is -4.70. The number of nitrogens with one attached hydrogen (secondary N) is 1. The molecule has 0 aliphatic heterocycles. The monoisotopic (exact) mass is 411 g/mol. The third kappa shape index (κ3) is 5.57. The van der Waals surface area contributed by atoms with Crippen molar-refractivity contribution in [3.05, 3.63) is 63.3 Å². The predicted octanol–water partition coefficient (Wildman–Crippen LogP) is 4.27. The molecule has 0 bridgehead atoms. The average Bonchev–Trinajstić information content (AvgIpc) is 2.57. The van der Waals surface area contributed by atoms with Crippen LogP contribution in [-0.2, 0) is 17.5 Å². The summed E-state index contributed by atoms with van der Waals surface area (Å²) in [5.41, 5.74) is -3.76. The molecule has 154 valence electrons. The van der Waals surface area contributed by atoms with Crippen molar-refractivity contribution in [2.45, 2.75) is 39.1 Å². The first-order valence-corrected chi connectivity index (χ1v) is 8.31. The SMILES string of the molecule is CC(C)(C)OC(=O)Nc1ccc(C#N)n(Cc2cc(C(F)(F)F)ccc2F)c1=O. The molecule has 1 N–H and O–H groups in total. The molecule has 10 heteroatoms. The fourth-order valence-corrected chi connectivity index (χ4v) is 2.38. The number of amides is 1. The zero-order valence-electron chi connectivity index (χ0n) is 15.7. The summed E-state index contributed by atoms with van der Waals surface area (Å²) in [4.78, 5) is 24.5. The van der Waals surface area contributed by atoms with Crippen molar-refractivity contribution in [3.63, 3.8) is 0 Å². The summed E-state index contributed by atoms with van der Waals surface area (Å²) in [7, 11) is 0. The summed E-state index contributed by atoms with van der Waals surface area (Å²) >= 11 is 0. The zero-order valence-corrected chi connectivity index (χ0v) is 15.7. The largest absolute Gasteiger partial charge is 0.444 e. The number of rotatable bonds is 3. The van der Waals surface area contributed by atoms with Crippen LogP contribution in [0.4, 0.5) is 28.0 Å². The average molecular weight is 411 g/mol. The van der Waals surface area contributed by atoms with Gasteiger partial charge in [-0.3, -0.25) is 14.7 Å². The molecular weight excluding hydrogens is 394 g/mol. The number of nitrogens with zero attached hydrogens (tertiary/aromatic N) is 2. The summed E-state index contributed by atoms with van der Waals surface area (Å²) in [6.07, 6.45) is -5.64. The summed E-state index contributed by atoms with van der Waals surface area (Å²) in [6, 6.07) is 5.83. The van der Waals surface area contributed by atoms with Crippen molar-refractivity contribution in [2.24, 2.45) is 0 Å². The Morgan fingerprint density at radius 3 is 2.41 bits per heavy atom. The lowest BCUT2D eigenvalue weighted by molar-refractivity contribution is -0.137. The number of ether oxygens (including phenoxy) is 1. The molecule has 0 saturated carbocycles. The summed E-state index contributed by atoms with van der Waals surface area (Å²) in [5, 5.41) is 11.4. The van der Waals surface area contributed by atoms with Gasteiger partial charge in [-0.05, 0) is 51.1 Å². The number of carbonyl (C=O) groups excluding carboxylic acids is 1. The van der Waals surface area contributed by atoms with E-state index in [1.807, 2.05) is 0 Å². The Morgan fingerprint density at radius 1 is 1.21 bits per heavy atom. The van der Waals surface area contributed by atoms with Crippen LogP contribution >= 0.6 is 0 Å². The maximum atomic E-state index is 14.1. The first kappa shape index (κ1) is 21.9. The third-order valence-corrected chi connectivity index (χ3v) is 3.63. The highest BCUT2D eigenvalue weighted by molar-refractivity contribution is 5.84. The molecule has 0 fully saturated rings. The number of pyridine rings is 1. The number of aromatic nitrogens is 1. The Labute approximate surface area is 163 Å². The molecule has 6 nitrogen and oxygen atoms in total. The minimum absolute atomic E-state index is 0.221. The molecule has 0 saturated heterocycles.